The first-order chi connectivity index (χ1) is 9.21. The van der Waals surface area contributed by atoms with E-state index in [9.17, 15) is 0 Å². The van der Waals surface area contributed by atoms with Gasteiger partial charge in [0.25, 0.3) is 0 Å². The van der Waals surface area contributed by atoms with Gasteiger partial charge in [0.15, 0.2) is 5.17 Å². The fraction of sp³-hybridized carbons (Fsp3) is 0.714. The summed E-state index contributed by atoms with van der Waals surface area (Å²) in [6.45, 7) is 3.14. The number of nitrogens with one attached hydrogen (secondary N) is 1. The summed E-state index contributed by atoms with van der Waals surface area (Å²) in [5.74, 6) is 1.22. The van der Waals surface area contributed by atoms with Crippen molar-refractivity contribution in [1.29, 1.82) is 0 Å². The molecule has 1 saturated carbocycles. The van der Waals surface area contributed by atoms with Gasteiger partial charge in [0, 0.05) is 25.5 Å². The lowest BCUT2D eigenvalue weighted by Gasteiger charge is -2.31. The van der Waals surface area contributed by atoms with E-state index >= 15 is 0 Å². The lowest BCUT2D eigenvalue weighted by Crippen LogP contribution is -2.30. The molecule has 0 unspecified atom stereocenters. The first kappa shape index (κ1) is 13.0. The van der Waals surface area contributed by atoms with E-state index < -0.39 is 0 Å². The predicted octanol–water partition coefficient (Wildman–Crippen LogP) is 3.06. The van der Waals surface area contributed by atoms with Gasteiger partial charge in [-0.25, -0.2) is 0 Å². The molecule has 0 atom stereocenters. The predicted molar refractivity (Wildman–Crippen MR) is 81.9 cm³/mol. The van der Waals surface area contributed by atoms with Gasteiger partial charge in [-0.15, -0.1) is 0 Å². The fourth-order valence-electron chi connectivity index (χ4n) is 3.07. The van der Waals surface area contributed by atoms with Gasteiger partial charge in [-0.2, -0.15) is 5.10 Å². The van der Waals surface area contributed by atoms with Crippen LogP contribution in [-0.2, 0) is 13.5 Å². The largest absolute Gasteiger partial charge is 0.332 e. The topological polar surface area (TPSA) is 42.2 Å². The highest BCUT2D eigenvalue weighted by atomic mass is 32.2. The maximum Gasteiger partial charge on any atom is 0.161 e. The van der Waals surface area contributed by atoms with Crippen LogP contribution in [-0.4, -0.2) is 27.2 Å². The number of hydrogen-bond acceptors (Lipinski definition) is 4. The number of aromatic nitrogens is 2. The molecule has 3 rings (SSSR count). The number of aliphatic imine (C=N–C) groups is 1. The molecule has 19 heavy (non-hydrogen) atoms. The highest BCUT2D eigenvalue weighted by Gasteiger charge is 2.36. The molecule has 1 N–H and O–H groups in total. The van der Waals surface area contributed by atoms with E-state index in [-0.39, 0.29) is 0 Å². The van der Waals surface area contributed by atoms with Crippen LogP contribution in [0.15, 0.2) is 11.2 Å². The monoisotopic (exact) mass is 278 g/mol. The smallest absolute Gasteiger partial charge is 0.161 e. The molecule has 0 bridgehead atoms. The Morgan fingerprint density at radius 2 is 2.21 bits per heavy atom. The first-order valence-corrected chi connectivity index (χ1v) is 8.16. The zero-order chi connectivity index (χ0) is 13.3. The fourth-order valence-corrected chi connectivity index (χ4v) is 4.23. The van der Waals surface area contributed by atoms with E-state index in [4.69, 9.17) is 4.99 Å². The van der Waals surface area contributed by atoms with Crippen LogP contribution in [0.2, 0.25) is 0 Å². The minimum absolute atomic E-state index is 0.512. The van der Waals surface area contributed by atoms with Crippen molar-refractivity contribution in [2.24, 2.45) is 17.5 Å². The molecule has 1 aromatic rings. The second-order valence-electron chi connectivity index (χ2n) is 5.76. The SMILES string of the molecule is CCc1nn(C)cc1NC1=NCC2(CCCC2)CS1. The molecule has 0 saturated heterocycles. The maximum absolute atomic E-state index is 4.78. The summed E-state index contributed by atoms with van der Waals surface area (Å²) >= 11 is 1.88. The third-order valence-corrected chi connectivity index (χ3v) is 5.48. The molecule has 0 aromatic carbocycles. The number of aryl methyl sites for hydroxylation is 2. The summed E-state index contributed by atoms with van der Waals surface area (Å²) in [5, 5.41) is 8.98. The van der Waals surface area contributed by atoms with Crippen molar-refractivity contribution >= 4 is 22.6 Å². The summed E-state index contributed by atoms with van der Waals surface area (Å²) in [6, 6.07) is 0. The zero-order valence-corrected chi connectivity index (χ0v) is 12.6. The normalized spacial score (nSPS) is 21.7. The Hall–Kier alpha value is -0.970. The van der Waals surface area contributed by atoms with Gasteiger partial charge in [-0.1, -0.05) is 31.5 Å². The van der Waals surface area contributed by atoms with Gasteiger partial charge >= 0.3 is 0 Å². The first-order valence-electron chi connectivity index (χ1n) is 7.18. The summed E-state index contributed by atoms with van der Waals surface area (Å²) in [4.78, 5) is 4.78. The van der Waals surface area contributed by atoms with Crippen molar-refractivity contribution in [3.8, 4) is 0 Å². The van der Waals surface area contributed by atoms with Gasteiger partial charge in [0.05, 0.1) is 11.4 Å². The van der Waals surface area contributed by atoms with Crippen molar-refractivity contribution in [1.82, 2.24) is 9.78 Å². The average Bonchev–Trinajstić information content (AvgIpc) is 3.00. The van der Waals surface area contributed by atoms with Gasteiger partial charge < -0.3 is 5.32 Å². The lowest BCUT2D eigenvalue weighted by molar-refractivity contribution is 0.359. The maximum atomic E-state index is 4.78. The van der Waals surface area contributed by atoms with E-state index in [1.54, 1.807) is 0 Å². The van der Waals surface area contributed by atoms with Crippen LogP contribution >= 0.6 is 11.8 Å². The molecular weight excluding hydrogens is 256 g/mol. The highest BCUT2D eigenvalue weighted by molar-refractivity contribution is 8.14. The van der Waals surface area contributed by atoms with Crippen LogP contribution in [0.5, 0.6) is 0 Å². The van der Waals surface area contributed by atoms with Gasteiger partial charge in [0.2, 0.25) is 0 Å². The number of thioether (sulfide) groups is 1. The van der Waals surface area contributed by atoms with E-state index in [0.29, 0.717) is 5.41 Å². The third-order valence-electron chi connectivity index (χ3n) is 4.22. The Kier molecular flexibility index (Phi) is 3.56. The average molecular weight is 278 g/mol. The van der Waals surface area contributed by atoms with E-state index in [2.05, 4.69) is 17.3 Å². The Bertz CT molecular complexity index is 486. The molecule has 1 aliphatic heterocycles. The number of nitrogens with zero attached hydrogens (tertiary/aromatic N) is 3. The second kappa shape index (κ2) is 5.19. The molecule has 2 heterocycles. The van der Waals surface area contributed by atoms with Crippen molar-refractivity contribution in [3.05, 3.63) is 11.9 Å². The van der Waals surface area contributed by atoms with Crippen molar-refractivity contribution in [2.75, 3.05) is 17.6 Å². The number of rotatable bonds is 2. The summed E-state index contributed by atoms with van der Waals surface area (Å²) < 4.78 is 1.87. The van der Waals surface area contributed by atoms with Gasteiger partial charge in [-0.3, -0.25) is 9.67 Å². The summed E-state index contributed by atoms with van der Waals surface area (Å²) in [6.07, 6.45) is 8.50. The Morgan fingerprint density at radius 1 is 1.42 bits per heavy atom. The van der Waals surface area contributed by atoms with Crippen molar-refractivity contribution in [2.45, 2.75) is 39.0 Å². The zero-order valence-electron chi connectivity index (χ0n) is 11.8. The molecule has 2 aliphatic rings. The minimum Gasteiger partial charge on any atom is -0.332 e. The lowest BCUT2D eigenvalue weighted by atomic mass is 9.89. The number of amidine groups is 1. The molecule has 1 aliphatic carbocycles. The van der Waals surface area contributed by atoms with Crippen LogP contribution in [0.25, 0.3) is 0 Å². The van der Waals surface area contributed by atoms with Gasteiger partial charge in [-0.05, 0) is 24.7 Å². The molecular formula is C14H22N4S. The van der Waals surface area contributed by atoms with Crippen LogP contribution in [0.1, 0.15) is 38.3 Å². The highest BCUT2D eigenvalue weighted by Crippen LogP contribution is 2.43. The van der Waals surface area contributed by atoms with Crippen LogP contribution in [0.4, 0.5) is 5.69 Å². The Balaban J connectivity index is 1.69. The molecule has 1 fully saturated rings. The molecule has 1 aromatic heterocycles. The molecule has 0 amide bonds. The van der Waals surface area contributed by atoms with E-state index in [1.165, 1.54) is 31.4 Å². The van der Waals surface area contributed by atoms with E-state index in [1.807, 2.05) is 29.7 Å². The van der Waals surface area contributed by atoms with Crippen LogP contribution in [0.3, 0.4) is 0 Å². The second-order valence-corrected chi connectivity index (χ2v) is 6.72. The van der Waals surface area contributed by atoms with E-state index in [0.717, 1.165) is 29.5 Å². The quantitative estimate of drug-likeness (QED) is 0.904. The number of anilines is 1. The molecule has 0 radical (unpaired) electrons. The molecule has 4 nitrogen and oxygen atoms in total. The minimum atomic E-state index is 0.512. The number of hydrogen-bond donors (Lipinski definition) is 1. The molecule has 104 valence electrons. The summed E-state index contributed by atoms with van der Waals surface area (Å²) in [5.41, 5.74) is 2.74. The van der Waals surface area contributed by atoms with Crippen molar-refractivity contribution < 1.29 is 0 Å². The summed E-state index contributed by atoms with van der Waals surface area (Å²) in [7, 11) is 1.97. The van der Waals surface area contributed by atoms with Crippen molar-refractivity contribution in [3.63, 3.8) is 0 Å². The van der Waals surface area contributed by atoms with Crippen LogP contribution < -0.4 is 5.32 Å². The molecule has 5 heteroatoms. The standard InChI is InChI=1S/C14H22N4S/c1-3-11-12(8-18(2)17-11)16-13-15-9-14(10-19-13)6-4-5-7-14/h8H,3-7,9-10H2,1-2H3,(H,15,16). The Labute approximate surface area is 119 Å². The third kappa shape index (κ3) is 2.66. The molecule has 1 spiro atoms. The van der Waals surface area contributed by atoms with Gasteiger partial charge in [0.1, 0.15) is 0 Å². The Morgan fingerprint density at radius 3 is 2.84 bits per heavy atom. The van der Waals surface area contributed by atoms with Crippen LogP contribution in [0, 0.1) is 5.41 Å².